The van der Waals surface area contributed by atoms with Crippen LogP contribution in [0.3, 0.4) is 0 Å². The lowest BCUT2D eigenvalue weighted by atomic mass is 9.98. The highest BCUT2D eigenvalue weighted by atomic mass is 16.4. The van der Waals surface area contributed by atoms with Gasteiger partial charge in [-0.3, -0.25) is 9.59 Å². The largest absolute Gasteiger partial charge is 0.481 e. The van der Waals surface area contributed by atoms with Crippen LogP contribution in [-0.2, 0) is 9.59 Å². The molecule has 0 aromatic rings. The molecule has 1 rings (SSSR count). The van der Waals surface area contributed by atoms with Crippen LogP contribution in [0.25, 0.3) is 0 Å². The van der Waals surface area contributed by atoms with Crippen molar-refractivity contribution in [2.45, 2.75) is 39.2 Å². The Bertz CT molecular complexity index is 240. The molecule has 0 aliphatic carbocycles. The molecule has 0 radical (unpaired) electrons. The SMILES string of the molecule is CCCN1C(=O)C[C@@H](C(=O)O)[C@@H]1CC. The summed E-state index contributed by atoms with van der Waals surface area (Å²) in [6.45, 7) is 4.61. The summed E-state index contributed by atoms with van der Waals surface area (Å²) in [7, 11) is 0. The summed E-state index contributed by atoms with van der Waals surface area (Å²) in [5, 5.41) is 8.94. The Morgan fingerprint density at radius 1 is 1.57 bits per heavy atom. The van der Waals surface area contributed by atoms with Gasteiger partial charge < -0.3 is 10.0 Å². The van der Waals surface area contributed by atoms with Crippen molar-refractivity contribution in [1.82, 2.24) is 4.90 Å². The first kappa shape index (κ1) is 11.0. The van der Waals surface area contributed by atoms with E-state index in [1.165, 1.54) is 0 Å². The summed E-state index contributed by atoms with van der Waals surface area (Å²) in [6, 6.07) is -0.0973. The Morgan fingerprint density at radius 2 is 2.21 bits per heavy atom. The van der Waals surface area contributed by atoms with E-state index < -0.39 is 11.9 Å². The molecule has 0 saturated carbocycles. The molecule has 0 spiro atoms. The van der Waals surface area contributed by atoms with Crippen LogP contribution in [0.4, 0.5) is 0 Å². The van der Waals surface area contributed by atoms with Crippen LogP contribution in [0.5, 0.6) is 0 Å². The highest BCUT2D eigenvalue weighted by Crippen LogP contribution is 2.28. The molecular formula is C10H17NO3. The van der Waals surface area contributed by atoms with Gasteiger partial charge in [-0.15, -0.1) is 0 Å². The second-order valence-electron chi connectivity index (χ2n) is 3.71. The molecule has 0 unspecified atom stereocenters. The molecule has 1 aliphatic heterocycles. The summed E-state index contributed by atoms with van der Waals surface area (Å²) in [5.41, 5.74) is 0. The maximum atomic E-state index is 11.5. The Morgan fingerprint density at radius 3 is 2.64 bits per heavy atom. The molecule has 0 aromatic carbocycles. The summed E-state index contributed by atoms with van der Waals surface area (Å²) >= 11 is 0. The minimum absolute atomic E-state index is 0.00824. The highest BCUT2D eigenvalue weighted by Gasteiger charge is 2.41. The van der Waals surface area contributed by atoms with Crippen LogP contribution in [0.2, 0.25) is 0 Å². The van der Waals surface area contributed by atoms with Gasteiger partial charge in [0.2, 0.25) is 5.91 Å². The van der Waals surface area contributed by atoms with Crippen molar-refractivity contribution in [3.8, 4) is 0 Å². The smallest absolute Gasteiger partial charge is 0.309 e. The zero-order valence-corrected chi connectivity index (χ0v) is 8.69. The molecule has 14 heavy (non-hydrogen) atoms. The number of hydrogen-bond donors (Lipinski definition) is 1. The molecule has 1 saturated heterocycles. The van der Waals surface area contributed by atoms with Crippen molar-refractivity contribution < 1.29 is 14.7 Å². The fourth-order valence-electron chi connectivity index (χ4n) is 2.13. The molecule has 1 amide bonds. The molecule has 2 atom stereocenters. The van der Waals surface area contributed by atoms with E-state index in [1.54, 1.807) is 4.90 Å². The highest BCUT2D eigenvalue weighted by molar-refractivity contribution is 5.86. The molecule has 0 bridgehead atoms. The number of carbonyl (C=O) groups excluding carboxylic acids is 1. The number of nitrogens with zero attached hydrogens (tertiary/aromatic N) is 1. The minimum atomic E-state index is -0.844. The van der Waals surface area contributed by atoms with Gasteiger partial charge >= 0.3 is 5.97 Å². The first-order chi connectivity index (χ1) is 6.61. The van der Waals surface area contributed by atoms with E-state index in [-0.39, 0.29) is 18.4 Å². The lowest BCUT2D eigenvalue weighted by Crippen LogP contribution is -2.37. The fourth-order valence-corrected chi connectivity index (χ4v) is 2.13. The quantitative estimate of drug-likeness (QED) is 0.737. The van der Waals surface area contributed by atoms with E-state index in [0.717, 1.165) is 12.8 Å². The average molecular weight is 199 g/mol. The second kappa shape index (κ2) is 4.44. The van der Waals surface area contributed by atoms with Gasteiger partial charge in [0.25, 0.3) is 0 Å². The predicted octanol–water partition coefficient (Wildman–Crippen LogP) is 1.11. The molecular weight excluding hydrogens is 182 g/mol. The molecule has 1 aliphatic rings. The number of carboxylic acid groups (broad SMARTS) is 1. The molecule has 1 N–H and O–H groups in total. The Balaban J connectivity index is 2.77. The number of amides is 1. The van der Waals surface area contributed by atoms with Gasteiger partial charge in [-0.1, -0.05) is 13.8 Å². The number of aliphatic carboxylic acids is 1. The van der Waals surface area contributed by atoms with Crippen molar-refractivity contribution >= 4 is 11.9 Å². The van der Waals surface area contributed by atoms with E-state index in [1.807, 2.05) is 13.8 Å². The van der Waals surface area contributed by atoms with Crippen LogP contribution >= 0.6 is 0 Å². The summed E-state index contributed by atoms with van der Waals surface area (Å²) < 4.78 is 0. The first-order valence-electron chi connectivity index (χ1n) is 5.14. The van der Waals surface area contributed by atoms with Crippen molar-refractivity contribution in [1.29, 1.82) is 0 Å². The molecule has 4 heteroatoms. The summed E-state index contributed by atoms with van der Waals surface area (Å²) in [5.74, 6) is -1.35. The van der Waals surface area contributed by atoms with E-state index in [9.17, 15) is 9.59 Å². The van der Waals surface area contributed by atoms with Gasteiger partial charge in [-0.2, -0.15) is 0 Å². The monoisotopic (exact) mass is 199 g/mol. The zero-order valence-electron chi connectivity index (χ0n) is 8.69. The van der Waals surface area contributed by atoms with E-state index in [4.69, 9.17) is 5.11 Å². The van der Waals surface area contributed by atoms with Gasteiger partial charge in [0.15, 0.2) is 0 Å². The first-order valence-corrected chi connectivity index (χ1v) is 5.14. The Hall–Kier alpha value is -1.06. The normalized spacial score (nSPS) is 27.0. The van der Waals surface area contributed by atoms with Crippen LogP contribution in [-0.4, -0.2) is 34.5 Å². The van der Waals surface area contributed by atoms with E-state index in [0.29, 0.717) is 6.54 Å². The van der Waals surface area contributed by atoms with Crippen LogP contribution < -0.4 is 0 Å². The molecule has 80 valence electrons. The van der Waals surface area contributed by atoms with Crippen molar-refractivity contribution in [2.75, 3.05) is 6.54 Å². The van der Waals surface area contributed by atoms with Gasteiger partial charge in [-0.05, 0) is 12.8 Å². The molecule has 1 heterocycles. The van der Waals surface area contributed by atoms with Gasteiger partial charge in [0, 0.05) is 19.0 Å². The Labute approximate surface area is 83.9 Å². The number of likely N-dealkylation sites (tertiary alicyclic amines) is 1. The van der Waals surface area contributed by atoms with E-state index >= 15 is 0 Å². The standard InChI is InChI=1S/C10H17NO3/c1-3-5-11-8(4-2)7(10(13)14)6-9(11)12/h7-8H,3-6H2,1-2H3,(H,13,14)/t7-,8+/m1/s1. The van der Waals surface area contributed by atoms with Gasteiger partial charge in [-0.25, -0.2) is 0 Å². The maximum Gasteiger partial charge on any atom is 0.309 e. The number of hydrogen-bond acceptors (Lipinski definition) is 2. The van der Waals surface area contributed by atoms with Crippen molar-refractivity contribution in [3.63, 3.8) is 0 Å². The fraction of sp³-hybridized carbons (Fsp3) is 0.800. The minimum Gasteiger partial charge on any atom is -0.481 e. The number of rotatable bonds is 4. The van der Waals surface area contributed by atoms with Gasteiger partial charge in [0.1, 0.15) is 0 Å². The average Bonchev–Trinajstić information content (AvgIpc) is 2.44. The third-order valence-corrected chi connectivity index (χ3v) is 2.78. The van der Waals surface area contributed by atoms with Gasteiger partial charge in [0.05, 0.1) is 5.92 Å². The lowest BCUT2D eigenvalue weighted by Gasteiger charge is -2.25. The van der Waals surface area contributed by atoms with Crippen molar-refractivity contribution in [3.05, 3.63) is 0 Å². The topological polar surface area (TPSA) is 57.6 Å². The molecule has 0 aromatic heterocycles. The second-order valence-corrected chi connectivity index (χ2v) is 3.71. The molecule has 4 nitrogen and oxygen atoms in total. The predicted molar refractivity (Wildman–Crippen MR) is 51.8 cm³/mol. The lowest BCUT2D eigenvalue weighted by molar-refractivity contribution is -0.142. The van der Waals surface area contributed by atoms with Crippen LogP contribution in [0.1, 0.15) is 33.1 Å². The number of carbonyl (C=O) groups is 2. The Kier molecular flexibility index (Phi) is 3.49. The summed E-state index contributed by atoms with van der Waals surface area (Å²) in [4.78, 5) is 24.1. The zero-order chi connectivity index (χ0) is 10.7. The van der Waals surface area contributed by atoms with Crippen LogP contribution in [0, 0.1) is 5.92 Å². The summed E-state index contributed by atoms with van der Waals surface area (Å²) in [6.07, 6.45) is 1.78. The maximum absolute atomic E-state index is 11.5. The van der Waals surface area contributed by atoms with Crippen LogP contribution in [0.15, 0.2) is 0 Å². The third kappa shape index (κ3) is 1.89. The molecule has 1 fully saturated rings. The third-order valence-electron chi connectivity index (χ3n) is 2.78. The van der Waals surface area contributed by atoms with Crippen molar-refractivity contribution in [2.24, 2.45) is 5.92 Å². The number of carboxylic acids is 1. The van der Waals surface area contributed by atoms with E-state index in [2.05, 4.69) is 0 Å².